The van der Waals surface area contributed by atoms with Gasteiger partial charge in [-0.05, 0) is 32.1 Å². The van der Waals surface area contributed by atoms with E-state index in [0.717, 1.165) is 17.7 Å². The first-order valence-corrected chi connectivity index (χ1v) is 7.99. The van der Waals surface area contributed by atoms with Gasteiger partial charge in [-0.1, -0.05) is 60.2 Å². The van der Waals surface area contributed by atoms with Gasteiger partial charge in [-0.3, -0.25) is 0 Å². The second kappa shape index (κ2) is 8.25. The van der Waals surface area contributed by atoms with Crippen molar-refractivity contribution in [3.8, 4) is 0 Å². The van der Waals surface area contributed by atoms with Crippen LogP contribution >= 0.6 is 0 Å². The summed E-state index contributed by atoms with van der Waals surface area (Å²) in [6, 6.07) is 18.8. The zero-order valence-corrected chi connectivity index (χ0v) is 14.6. The molecule has 0 spiro atoms. The second-order valence-electron chi connectivity index (χ2n) is 6.14. The highest BCUT2D eigenvalue weighted by Crippen LogP contribution is 2.34. The van der Waals surface area contributed by atoms with Crippen molar-refractivity contribution in [1.82, 2.24) is 4.90 Å². The summed E-state index contributed by atoms with van der Waals surface area (Å²) in [5, 5.41) is 0. The molecule has 3 heteroatoms. The summed E-state index contributed by atoms with van der Waals surface area (Å²) >= 11 is 0. The molecule has 0 saturated carbocycles. The van der Waals surface area contributed by atoms with Crippen LogP contribution in [-0.4, -0.2) is 45.9 Å². The molecule has 0 radical (unpaired) electrons. The second-order valence-corrected chi connectivity index (χ2v) is 6.14. The largest absolute Gasteiger partial charge is 0.381 e. The predicted molar refractivity (Wildman–Crippen MR) is 94.8 cm³/mol. The minimum atomic E-state index is -0.584. The summed E-state index contributed by atoms with van der Waals surface area (Å²) in [4.78, 5) is 2.12. The number of hydrogen-bond donors (Lipinski definition) is 0. The molecule has 124 valence electrons. The number of likely N-dealkylation sites (N-methyl/N-ethyl adjacent to an activating group) is 1. The lowest BCUT2D eigenvalue weighted by Crippen LogP contribution is -2.38. The van der Waals surface area contributed by atoms with Crippen LogP contribution in [0.3, 0.4) is 0 Å². The Balaban J connectivity index is 2.43. The van der Waals surface area contributed by atoms with E-state index in [1.165, 1.54) is 5.56 Å². The fraction of sp³-hybridized carbons (Fsp3) is 0.400. The van der Waals surface area contributed by atoms with Crippen LogP contribution in [0.5, 0.6) is 0 Å². The number of rotatable bonds is 8. The highest BCUT2D eigenvalue weighted by Gasteiger charge is 2.35. The van der Waals surface area contributed by atoms with Crippen LogP contribution in [0, 0.1) is 6.92 Å². The molecule has 3 nitrogen and oxygen atoms in total. The van der Waals surface area contributed by atoms with Crippen LogP contribution in [-0.2, 0) is 15.1 Å². The lowest BCUT2D eigenvalue weighted by Gasteiger charge is -2.35. The summed E-state index contributed by atoms with van der Waals surface area (Å²) in [5.41, 5.74) is 2.89. The summed E-state index contributed by atoms with van der Waals surface area (Å²) < 4.78 is 12.0. The van der Waals surface area contributed by atoms with Crippen LogP contribution in [0.1, 0.15) is 16.7 Å². The van der Waals surface area contributed by atoms with E-state index in [1.807, 2.05) is 18.2 Å². The Kier molecular flexibility index (Phi) is 6.34. The van der Waals surface area contributed by atoms with E-state index in [-0.39, 0.29) is 0 Å². The highest BCUT2D eigenvalue weighted by molar-refractivity contribution is 5.38. The molecule has 23 heavy (non-hydrogen) atoms. The Morgan fingerprint density at radius 3 is 2.09 bits per heavy atom. The Hall–Kier alpha value is -1.68. The Labute approximate surface area is 139 Å². The topological polar surface area (TPSA) is 21.7 Å². The van der Waals surface area contributed by atoms with Crippen LogP contribution in [0.25, 0.3) is 0 Å². The molecular weight excluding hydrogens is 286 g/mol. The van der Waals surface area contributed by atoms with Gasteiger partial charge in [0.1, 0.15) is 5.60 Å². The van der Waals surface area contributed by atoms with E-state index in [0.29, 0.717) is 13.2 Å². The fourth-order valence-corrected chi connectivity index (χ4v) is 2.68. The number of aryl methyl sites for hydroxylation is 1. The van der Waals surface area contributed by atoms with Crippen molar-refractivity contribution >= 4 is 0 Å². The molecule has 0 aliphatic rings. The van der Waals surface area contributed by atoms with Crippen LogP contribution < -0.4 is 0 Å². The fourth-order valence-electron chi connectivity index (χ4n) is 2.68. The van der Waals surface area contributed by atoms with Gasteiger partial charge in [-0.2, -0.15) is 0 Å². The predicted octanol–water partition coefficient (Wildman–Crippen LogP) is 3.46. The third-order valence-electron chi connectivity index (χ3n) is 3.99. The van der Waals surface area contributed by atoms with Crippen LogP contribution in [0.2, 0.25) is 0 Å². The molecule has 0 saturated heterocycles. The maximum Gasteiger partial charge on any atom is 0.141 e. The summed E-state index contributed by atoms with van der Waals surface area (Å²) in [6.07, 6.45) is 0. The van der Waals surface area contributed by atoms with E-state index in [2.05, 4.69) is 62.3 Å². The first-order valence-electron chi connectivity index (χ1n) is 7.99. The molecule has 1 atom stereocenters. The number of ether oxygens (including phenoxy) is 2. The van der Waals surface area contributed by atoms with Gasteiger partial charge in [0.25, 0.3) is 0 Å². The highest BCUT2D eigenvalue weighted by atomic mass is 16.5. The number of methoxy groups -OCH3 is 1. The van der Waals surface area contributed by atoms with E-state index < -0.39 is 5.60 Å². The quantitative estimate of drug-likeness (QED) is 0.745. The van der Waals surface area contributed by atoms with Gasteiger partial charge in [0.15, 0.2) is 0 Å². The minimum absolute atomic E-state index is 0.480. The molecule has 0 aromatic heterocycles. The Morgan fingerprint density at radius 1 is 0.913 bits per heavy atom. The maximum absolute atomic E-state index is 6.43. The number of nitrogens with zero attached hydrogens (tertiary/aromatic N) is 1. The molecule has 0 heterocycles. The van der Waals surface area contributed by atoms with E-state index in [4.69, 9.17) is 9.47 Å². The first-order chi connectivity index (χ1) is 11.1. The molecule has 0 aliphatic heterocycles. The Morgan fingerprint density at radius 2 is 1.52 bits per heavy atom. The molecule has 0 fully saturated rings. The van der Waals surface area contributed by atoms with Gasteiger partial charge in [-0.25, -0.2) is 0 Å². The van der Waals surface area contributed by atoms with Gasteiger partial charge in [0, 0.05) is 13.7 Å². The lowest BCUT2D eigenvalue weighted by molar-refractivity contribution is -0.0696. The summed E-state index contributed by atoms with van der Waals surface area (Å²) in [5.74, 6) is 0. The first kappa shape index (κ1) is 17.7. The Bertz CT molecular complexity index is 580. The SMILES string of the molecule is COCC(OCCN(C)C)(c1ccccc1)c1ccc(C)cc1. The van der Waals surface area contributed by atoms with Gasteiger partial charge in [-0.15, -0.1) is 0 Å². The zero-order valence-electron chi connectivity index (χ0n) is 14.6. The standard InChI is InChI=1S/C20H27NO2/c1-17-10-12-19(13-11-17)20(16-22-4,23-15-14-21(2)3)18-8-6-5-7-9-18/h5-13H,14-16H2,1-4H3. The summed E-state index contributed by atoms with van der Waals surface area (Å²) in [7, 11) is 5.83. The molecule has 2 aromatic rings. The van der Waals surface area contributed by atoms with E-state index in [1.54, 1.807) is 7.11 Å². The zero-order chi connectivity index (χ0) is 16.7. The van der Waals surface area contributed by atoms with Crippen molar-refractivity contribution in [2.45, 2.75) is 12.5 Å². The van der Waals surface area contributed by atoms with Gasteiger partial charge in [0.2, 0.25) is 0 Å². The van der Waals surface area contributed by atoms with Crippen LogP contribution in [0.4, 0.5) is 0 Å². The maximum atomic E-state index is 6.43. The van der Waals surface area contributed by atoms with E-state index >= 15 is 0 Å². The van der Waals surface area contributed by atoms with Crippen molar-refractivity contribution < 1.29 is 9.47 Å². The van der Waals surface area contributed by atoms with Crippen molar-refractivity contribution in [3.63, 3.8) is 0 Å². The molecule has 2 rings (SSSR count). The minimum Gasteiger partial charge on any atom is -0.381 e. The third kappa shape index (κ3) is 4.41. The molecule has 0 bridgehead atoms. The summed E-state index contributed by atoms with van der Waals surface area (Å²) in [6.45, 7) is 4.08. The third-order valence-corrected chi connectivity index (χ3v) is 3.99. The molecule has 2 aromatic carbocycles. The lowest BCUT2D eigenvalue weighted by atomic mass is 9.86. The molecule has 0 amide bonds. The number of benzene rings is 2. The van der Waals surface area contributed by atoms with Crippen LogP contribution in [0.15, 0.2) is 54.6 Å². The molecule has 1 unspecified atom stereocenters. The average Bonchev–Trinajstić information content (AvgIpc) is 2.55. The van der Waals surface area contributed by atoms with Crippen molar-refractivity contribution in [2.75, 3.05) is 41.0 Å². The molecule has 0 aliphatic carbocycles. The van der Waals surface area contributed by atoms with Crippen molar-refractivity contribution in [1.29, 1.82) is 0 Å². The average molecular weight is 313 g/mol. The monoisotopic (exact) mass is 313 g/mol. The van der Waals surface area contributed by atoms with Gasteiger partial charge < -0.3 is 14.4 Å². The van der Waals surface area contributed by atoms with Crippen molar-refractivity contribution in [2.24, 2.45) is 0 Å². The smallest absolute Gasteiger partial charge is 0.141 e. The van der Waals surface area contributed by atoms with E-state index in [9.17, 15) is 0 Å². The van der Waals surface area contributed by atoms with Gasteiger partial charge >= 0.3 is 0 Å². The van der Waals surface area contributed by atoms with Crippen molar-refractivity contribution in [3.05, 3.63) is 71.3 Å². The molecule has 0 N–H and O–H groups in total. The molecular formula is C20H27NO2. The number of hydrogen-bond acceptors (Lipinski definition) is 3. The van der Waals surface area contributed by atoms with Gasteiger partial charge in [0.05, 0.1) is 13.2 Å². The normalized spacial score (nSPS) is 14.0.